The van der Waals surface area contributed by atoms with Crippen molar-refractivity contribution in [3.05, 3.63) is 29.8 Å². The smallest absolute Gasteiger partial charge is 0.134 e. The lowest BCUT2D eigenvalue weighted by Gasteiger charge is -2.16. The average Bonchev–Trinajstić information content (AvgIpc) is 2.15. The van der Waals surface area contributed by atoms with Crippen LogP contribution in [0.15, 0.2) is 18.5 Å². The van der Waals surface area contributed by atoms with E-state index in [1.807, 2.05) is 19.2 Å². The molecular weight excluding hydrogens is 186 g/mol. The van der Waals surface area contributed by atoms with Gasteiger partial charge >= 0.3 is 0 Å². The monoisotopic (exact) mass is 201 g/mol. The van der Waals surface area contributed by atoms with Crippen LogP contribution >= 0.6 is 0 Å². The van der Waals surface area contributed by atoms with Crippen molar-refractivity contribution in [1.29, 1.82) is 0 Å². The summed E-state index contributed by atoms with van der Waals surface area (Å²) in [5, 5.41) is 0. The predicted molar refractivity (Wildman–Crippen MR) is 60.8 cm³/mol. The molecule has 0 spiro atoms. The number of nitrogens with zero attached hydrogens (tertiary/aromatic N) is 3. The fraction of sp³-hybridized carbons (Fsp3) is 0.417. The highest BCUT2D eigenvalue weighted by Crippen LogP contribution is 2.19. The molecule has 0 saturated heterocycles. The zero-order valence-corrected chi connectivity index (χ0v) is 9.57. The number of aromatic nitrogens is 3. The van der Waals surface area contributed by atoms with Crippen molar-refractivity contribution in [2.45, 2.75) is 33.1 Å². The Balaban J connectivity index is 2.64. The summed E-state index contributed by atoms with van der Waals surface area (Å²) in [5.41, 5.74) is 2.89. The molecule has 2 aromatic heterocycles. The Kier molecular flexibility index (Phi) is 2.18. The number of pyridine rings is 1. The van der Waals surface area contributed by atoms with Crippen LogP contribution in [0.5, 0.6) is 0 Å². The van der Waals surface area contributed by atoms with Gasteiger partial charge in [-0.15, -0.1) is 0 Å². The Morgan fingerprint density at radius 2 is 1.73 bits per heavy atom. The average molecular weight is 201 g/mol. The standard InChI is InChI=1S/C12H15N3/c1-8-5-9-10(13-6-8)7-14-11(15-9)12(2,3)4/h5-7H,1-4H3. The van der Waals surface area contributed by atoms with Gasteiger partial charge in [0.15, 0.2) is 0 Å². The van der Waals surface area contributed by atoms with E-state index in [1.54, 1.807) is 6.20 Å². The van der Waals surface area contributed by atoms with Crippen LogP contribution in [0.1, 0.15) is 32.2 Å². The van der Waals surface area contributed by atoms with Crippen molar-refractivity contribution >= 4 is 11.0 Å². The van der Waals surface area contributed by atoms with Gasteiger partial charge in [-0.3, -0.25) is 4.98 Å². The van der Waals surface area contributed by atoms with E-state index < -0.39 is 0 Å². The molecule has 0 saturated carbocycles. The van der Waals surface area contributed by atoms with Gasteiger partial charge in [-0.05, 0) is 18.6 Å². The third-order valence-electron chi connectivity index (χ3n) is 2.24. The van der Waals surface area contributed by atoms with E-state index in [0.29, 0.717) is 0 Å². The van der Waals surface area contributed by atoms with Crippen molar-refractivity contribution in [3.8, 4) is 0 Å². The van der Waals surface area contributed by atoms with Crippen LogP contribution < -0.4 is 0 Å². The van der Waals surface area contributed by atoms with Crippen molar-refractivity contribution in [2.75, 3.05) is 0 Å². The number of hydrogen-bond acceptors (Lipinski definition) is 3. The SMILES string of the molecule is Cc1cnc2cnc(C(C)(C)C)nc2c1. The number of fused-ring (bicyclic) bond motifs is 1. The molecule has 0 unspecified atom stereocenters. The van der Waals surface area contributed by atoms with Crippen LogP contribution in [0.25, 0.3) is 11.0 Å². The minimum Gasteiger partial charge on any atom is -0.253 e. The molecule has 0 fully saturated rings. The first-order valence-corrected chi connectivity index (χ1v) is 5.07. The summed E-state index contributed by atoms with van der Waals surface area (Å²) in [4.78, 5) is 13.1. The number of hydrogen-bond donors (Lipinski definition) is 0. The molecule has 0 aliphatic rings. The van der Waals surface area contributed by atoms with Crippen LogP contribution in [-0.2, 0) is 5.41 Å². The van der Waals surface area contributed by atoms with Gasteiger partial charge < -0.3 is 0 Å². The Labute approximate surface area is 89.6 Å². The van der Waals surface area contributed by atoms with Crippen molar-refractivity contribution < 1.29 is 0 Å². The zero-order valence-electron chi connectivity index (χ0n) is 9.57. The lowest BCUT2D eigenvalue weighted by Crippen LogP contribution is -2.15. The van der Waals surface area contributed by atoms with Crippen LogP contribution in [0.2, 0.25) is 0 Å². The molecule has 15 heavy (non-hydrogen) atoms. The van der Waals surface area contributed by atoms with Gasteiger partial charge in [-0.2, -0.15) is 0 Å². The summed E-state index contributed by atoms with van der Waals surface area (Å²) >= 11 is 0. The van der Waals surface area contributed by atoms with E-state index in [0.717, 1.165) is 22.4 Å². The van der Waals surface area contributed by atoms with Gasteiger partial charge in [0.2, 0.25) is 0 Å². The zero-order chi connectivity index (χ0) is 11.1. The minimum atomic E-state index is -0.0159. The highest BCUT2D eigenvalue weighted by molar-refractivity contribution is 5.73. The van der Waals surface area contributed by atoms with Crippen molar-refractivity contribution in [1.82, 2.24) is 15.0 Å². The largest absolute Gasteiger partial charge is 0.253 e. The molecule has 0 aromatic carbocycles. The molecule has 3 heteroatoms. The van der Waals surface area contributed by atoms with Gasteiger partial charge in [-0.25, -0.2) is 9.97 Å². The Morgan fingerprint density at radius 1 is 1.00 bits per heavy atom. The van der Waals surface area contributed by atoms with Gasteiger partial charge in [0.1, 0.15) is 11.3 Å². The van der Waals surface area contributed by atoms with E-state index in [4.69, 9.17) is 0 Å². The molecule has 3 nitrogen and oxygen atoms in total. The summed E-state index contributed by atoms with van der Waals surface area (Å²) in [7, 11) is 0. The molecule has 0 aliphatic carbocycles. The minimum absolute atomic E-state index is 0.0159. The van der Waals surface area contributed by atoms with Gasteiger partial charge in [0.05, 0.1) is 11.7 Å². The summed E-state index contributed by atoms with van der Waals surface area (Å²) < 4.78 is 0. The van der Waals surface area contributed by atoms with E-state index in [1.165, 1.54) is 0 Å². The van der Waals surface area contributed by atoms with Crippen molar-refractivity contribution in [3.63, 3.8) is 0 Å². The second-order valence-corrected chi connectivity index (χ2v) is 4.86. The first-order chi connectivity index (χ1) is 6.97. The highest BCUT2D eigenvalue weighted by atomic mass is 14.9. The molecule has 2 heterocycles. The molecule has 2 aromatic rings. The topological polar surface area (TPSA) is 38.7 Å². The van der Waals surface area contributed by atoms with Crippen LogP contribution in [0.4, 0.5) is 0 Å². The van der Waals surface area contributed by atoms with E-state index in [9.17, 15) is 0 Å². The quantitative estimate of drug-likeness (QED) is 0.657. The van der Waals surface area contributed by atoms with E-state index in [2.05, 4.69) is 35.7 Å². The Hall–Kier alpha value is -1.51. The predicted octanol–water partition coefficient (Wildman–Crippen LogP) is 2.63. The normalized spacial score (nSPS) is 12.0. The molecule has 0 aliphatic heterocycles. The van der Waals surface area contributed by atoms with Crippen LogP contribution in [-0.4, -0.2) is 15.0 Å². The fourth-order valence-electron chi connectivity index (χ4n) is 1.38. The maximum Gasteiger partial charge on any atom is 0.134 e. The summed E-state index contributed by atoms with van der Waals surface area (Å²) in [6.07, 6.45) is 3.63. The number of aryl methyl sites for hydroxylation is 1. The van der Waals surface area contributed by atoms with E-state index in [-0.39, 0.29) is 5.41 Å². The fourth-order valence-corrected chi connectivity index (χ4v) is 1.38. The molecule has 78 valence electrons. The molecule has 0 amide bonds. The molecule has 0 atom stereocenters. The van der Waals surface area contributed by atoms with E-state index >= 15 is 0 Å². The lowest BCUT2D eigenvalue weighted by molar-refractivity contribution is 0.548. The summed E-state index contributed by atoms with van der Waals surface area (Å²) in [6, 6.07) is 2.04. The molecule has 2 rings (SSSR count). The third-order valence-corrected chi connectivity index (χ3v) is 2.24. The van der Waals surface area contributed by atoms with Crippen molar-refractivity contribution in [2.24, 2.45) is 0 Å². The summed E-state index contributed by atoms with van der Waals surface area (Å²) in [6.45, 7) is 8.34. The molecular formula is C12H15N3. The second kappa shape index (κ2) is 3.26. The maximum absolute atomic E-state index is 4.53. The molecule has 0 N–H and O–H groups in total. The maximum atomic E-state index is 4.53. The second-order valence-electron chi connectivity index (χ2n) is 4.86. The van der Waals surface area contributed by atoms with Gasteiger partial charge in [0.25, 0.3) is 0 Å². The Bertz CT molecular complexity index is 498. The van der Waals surface area contributed by atoms with Gasteiger partial charge in [0, 0.05) is 11.6 Å². The summed E-state index contributed by atoms with van der Waals surface area (Å²) in [5.74, 6) is 0.863. The first kappa shape index (κ1) is 10.0. The molecule has 0 radical (unpaired) electrons. The van der Waals surface area contributed by atoms with Crippen LogP contribution in [0, 0.1) is 6.92 Å². The lowest BCUT2D eigenvalue weighted by atomic mass is 9.96. The molecule has 0 bridgehead atoms. The first-order valence-electron chi connectivity index (χ1n) is 5.07. The Morgan fingerprint density at radius 3 is 2.40 bits per heavy atom. The highest BCUT2D eigenvalue weighted by Gasteiger charge is 2.17. The van der Waals surface area contributed by atoms with Crippen LogP contribution in [0.3, 0.4) is 0 Å². The van der Waals surface area contributed by atoms with Gasteiger partial charge in [-0.1, -0.05) is 20.8 Å². The number of rotatable bonds is 0. The third kappa shape index (κ3) is 1.96.